The maximum atomic E-state index is 12.6. The minimum absolute atomic E-state index is 0.0371. The molecule has 2 atom stereocenters. The van der Waals surface area contributed by atoms with Gasteiger partial charge in [-0.25, -0.2) is 4.79 Å². The first-order valence-corrected chi connectivity index (χ1v) is 9.01. The first kappa shape index (κ1) is 25.3. The number of alkyl halides is 3. The van der Waals surface area contributed by atoms with Crippen LogP contribution in [0.1, 0.15) is 18.4 Å². The molecule has 1 rings (SSSR count). The molecule has 7 nitrogen and oxygen atoms in total. The minimum atomic E-state index is -4.75. The predicted octanol–water partition coefficient (Wildman–Crippen LogP) is 2.95. The summed E-state index contributed by atoms with van der Waals surface area (Å²) in [5, 5.41) is 29.1. The van der Waals surface area contributed by atoms with Crippen LogP contribution in [-0.2, 0) is 10.3 Å². The molecule has 0 saturated heterocycles. The highest BCUT2D eigenvalue weighted by atomic mass is 35.5. The summed E-state index contributed by atoms with van der Waals surface area (Å²) in [6, 6.07) is 4.04. The number of carbonyl (C=O) groups is 2. The molecule has 0 bridgehead atoms. The first-order chi connectivity index (χ1) is 13.2. The van der Waals surface area contributed by atoms with Crippen molar-refractivity contribution in [1.29, 1.82) is 0 Å². The van der Waals surface area contributed by atoms with Crippen molar-refractivity contribution < 1.29 is 38.1 Å². The molecule has 0 heterocycles. The average molecular weight is 461 g/mol. The Morgan fingerprint density at radius 1 is 1.17 bits per heavy atom. The molecule has 29 heavy (non-hydrogen) atoms. The van der Waals surface area contributed by atoms with Crippen molar-refractivity contribution in [1.82, 2.24) is 9.80 Å². The van der Waals surface area contributed by atoms with Gasteiger partial charge < -0.3 is 20.2 Å². The van der Waals surface area contributed by atoms with Crippen molar-refractivity contribution in [3.63, 3.8) is 0 Å². The molecule has 0 radical (unpaired) electrons. The van der Waals surface area contributed by atoms with Gasteiger partial charge in [0.25, 0.3) is 0 Å². The van der Waals surface area contributed by atoms with Gasteiger partial charge in [-0.15, -0.1) is 0 Å². The van der Waals surface area contributed by atoms with Crippen molar-refractivity contribution in [2.24, 2.45) is 0 Å². The molecule has 0 aromatic heterocycles. The molecule has 1 aromatic rings. The van der Waals surface area contributed by atoms with Gasteiger partial charge in [-0.1, -0.05) is 29.3 Å². The third kappa shape index (κ3) is 6.63. The minimum Gasteiger partial charge on any atom is -0.465 e. The van der Waals surface area contributed by atoms with E-state index in [9.17, 15) is 38.1 Å². The highest BCUT2D eigenvalue weighted by Gasteiger charge is 2.44. The fourth-order valence-corrected chi connectivity index (χ4v) is 3.22. The van der Waals surface area contributed by atoms with Crippen LogP contribution in [-0.4, -0.2) is 76.6 Å². The van der Waals surface area contributed by atoms with Crippen molar-refractivity contribution >= 4 is 35.2 Å². The Kier molecular flexibility index (Phi) is 8.58. The van der Waals surface area contributed by atoms with E-state index in [0.717, 1.165) is 23.9 Å². The molecule has 0 saturated carbocycles. The Hall–Kier alpha value is -1.75. The summed E-state index contributed by atoms with van der Waals surface area (Å²) in [4.78, 5) is 25.3. The molecule has 2 amide bonds. The number of likely N-dealkylation sites (N-methyl/N-ethyl adjacent to an activating group) is 2. The van der Waals surface area contributed by atoms with Gasteiger partial charge in [0.2, 0.25) is 5.91 Å². The SMILES string of the molecule is CN(CC(CC(O)CO)(c1ccc(Cl)c(Cl)c1)N(C)C(=O)O)C(=O)CC(F)(F)F. The van der Waals surface area contributed by atoms with Crippen LogP contribution in [0.2, 0.25) is 10.0 Å². The molecular formula is C17H21Cl2F3N2O5. The van der Waals surface area contributed by atoms with Crippen molar-refractivity contribution in [3.05, 3.63) is 33.8 Å². The number of nitrogens with zero attached hydrogens (tertiary/aromatic N) is 2. The number of rotatable bonds is 8. The van der Waals surface area contributed by atoms with Crippen LogP contribution in [0.3, 0.4) is 0 Å². The fraction of sp³-hybridized carbons (Fsp3) is 0.529. The van der Waals surface area contributed by atoms with Crippen LogP contribution in [0.5, 0.6) is 0 Å². The van der Waals surface area contributed by atoms with Crippen LogP contribution in [0.4, 0.5) is 18.0 Å². The lowest BCUT2D eigenvalue weighted by Crippen LogP contribution is -2.56. The maximum absolute atomic E-state index is 12.6. The van der Waals surface area contributed by atoms with Crippen molar-refractivity contribution in [2.75, 3.05) is 27.2 Å². The fourth-order valence-electron chi connectivity index (χ4n) is 2.92. The standard InChI is InChI=1S/C17H21Cl2F3N2O5/c1-23(14(27)7-17(20,21)22)9-16(6-11(26)8-25,24(2)15(28)29)10-3-4-12(18)13(19)5-10/h3-5,11,25-26H,6-9H2,1-2H3,(H,28,29). The van der Waals surface area contributed by atoms with E-state index in [1.54, 1.807) is 0 Å². The third-order valence-electron chi connectivity index (χ3n) is 4.45. The zero-order valence-electron chi connectivity index (χ0n) is 15.6. The molecule has 0 aliphatic carbocycles. The summed E-state index contributed by atoms with van der Waals surface area (Å²) in [6.45, 7) is -1.28. The highest BCUT2D eigenvalue weighted by molar-refractivity contribution is 6.42. The Morgan fingerprint density at radius 2 is 1.76 bits per heavy atom. The summed E-state index contributed by atoms with van der Waals surface area (Å²) in [7, 11) is 2.22. The number of halogens is 5. The molecule has 1 aromatic carbocycles. The molecule has 0 fully saturated rings. The number of aliphatic hydroxyl groups excluding tert-OH is 2. The number of carbonyl (C=O) groups excluding carboxylic acids is 1. The number of carboxylic acid groups (broad SMARTS) is 1. The van der Waals surface area contributed by atoms with Gasteiger partial charge in [-0.3, -0.25) is 9.69 Å². The van der Waals surface area contributed by atoms with E-state index in [4.69, 9.17) is 23.2 Å². The number of amides is 2. The molecular weight excluding hydrogens is 440 g/mol. The van der Waals surface area contributed by atoms with Crippen LogP contribution in [0.15, 0.2) is 18.2 Å². The van der Waals surface area contributed by atoms with Gasteiger partial charge in [0.1, 0.15) is 6.42 Å². The Labute approximate surface area is 175 Å². The predicted molar refractivity (Wildman–Crippen MR) is 99.9 cm³/mol. The molecule has 164 valence electrons. The van der Waals surface area contributed by atoms with Gasteiger partial charge in [0.15, 0.2) is 0 Å². The van der Waals surface area contributed by atoms with E-state index in [1.165, 1.54) is 18.2 Å². The van der Waals surface area contributed by atoms with Gasteiger partial charge in [-0.05, 0) is 17.7 Å². The van der Waals surface area contributed by atoms with Gasteiger partial charge >= 0.3 is 12.3 Å². The lowest BCUT2D eigenvalue weighted by atomic mass is 9.82. The summed E-state index contributed by atoms with van der Waals surface area (Å²) < 4.78 is 37.8. The lowest BCUT2D eigenvalue weighted by Gasteiger charge is -2.44. The smallest absolute Gasteiger partial charge is 0.407 e. The van der Waals surface area contributed by atoms with Crippen LogP contribution in [0, 0.1) is 0 Å². The van der Waals surface area contributed by atoms with Crippen LogP contribution >= 0.6 is 23.2 Å². The maximum Gasteiger partial charge on any atom is 0.407 e. The van der Waals surface area contributed by atoms with E-state index in [2.05, 4.69) is 0 Å². The van der Waals surface area contributed by atoms with Crippen LogP contribution in [0.25, 0.3) is 0 Å². The second-order valence-corrected chi connectivity index (χ2v) is 7.40. The quantitative estimate of drug-likeness (QED) is 0.553. The molecule has 0 spiro atoms. The number of aliphatic hydroxyl groups is 2. The number of benzene rings is 1. The number of hydrogen-bond donors (Lipinski definition) is 3. The van der Waals surface area contributed by atoms with E-state index in [1.807, 2.05) is 0 Å². The monoisotopic (exact) mass is 460 g/mol. The third-order valence-corrected chi connectivity index (χ3v) is 5.19. The van der Waals surface area contributed by atoms with Crippen LogP contribution < -0.4 is 0 Å². The van der Waals surface area contributed by atoms with E-state index >= 15 is 0 Å². The molecule has 12 heteroatoms. The molecule has 2 unspecified atom stereocenters. The molecule has 0 aliphatic rings. The Morgan fingerprint density at radius 3 is 2.21 bits per heavy atom. The number of hydrogen-bond acceptors (Lipinski definition) is 4. The summed E-state index contributed by atoms with van der Waals surface area (Å²) in [5.74, 6) is -1.29. The van der Waals surface area contributed by atoms with Gasteiger partial charge in [0.05, 0.1) is 28.3 Å². The molecule has 3 N–H and O–H groups in total. The highest BCUT2D eigenvalue weighted by Crippen LogP contribution is 2.37. The average Bonchev–Trinajstić information content (AvgIpc) is 2.60. The Balaban J connectivity index is 3.52. The first-order valence-electron chi connectivity index (χ1n) is 8.25. The van der Waals surface area contributed by atoms with Crippen molar-refractivity contribution in [3.8, 4) is 0 Å². The zero-order valence-corrected chi connectivity index (χ0v) is 17.1. The van der Waals surface area contributed by atoms with Gasteiger partial charge in [0, 0.05) is 27.1 Å². The van der Waals surface area contributed by atoms with E-state index in [-0.39, 0.29) is 15.6 Å². The normalized spacial score (nSPS) is 14.8. The van der Waals surface area contributed by atoms with Gasteiger partial charge in [-0.2, -0.15) is 13.2 Å². The van der Waals surface area contributed by atoms with E-state index in [0.29, 0.717) is 0 Å². The second kappa shape index (κ2) is 9.84. The molecule has 0 aliphatic heterocycles. The summed E-state index contributed by atoms with van der Waals surface area (Å²) in [5.41, 5.74) is -1.55. The van der Waals surface area contributed by atoms with Crippen molar-refractivity contribution in [2.45, 2.75) is 30.7 Å². The lowest BCUT2D eigenvalue weighted by molar-refractivity contribution is -0.162. The topological polar surface area (TPSA) is 101 Å². The summed E-state index contributed by atoms with van der Waals surface area (Å²) >= 11 is 11.9. The summed E-state index contributed by atoms with van der Waals surface area (Å²) in [6.07, 6.45) is -9.81. The van der Waals surface area contributed by atoms with E-state index < -0.39 is 55.8 Å². The largest absolute Gasteiger partial charge is 0.465 e. The second-order valence-electron chi connectivity index (χ2n) is 6.58. The Bertz CT molecular complexity index is 750. The zero-order chi connectivity index (χ0) is 22.6.